The van der Waals surface area contributed by atoms with Gasteiger partial charge in [0, 0.05) is 12.4 Å². The van der Waals surface area contributed by atoms with Crippen molar-refractivity contribution in [1.29, 1.82) is 0 Å². The first-order valence-electron chi connectivity index (χ1n) is 3.38. The van der Waals surface area contributed by atoms with E-state index >= 15 is 0 Å². The molecule has 0 spiro atoms. The summed E-state index contributed by atoms with van der Waals surface area (Å²) >= 11 is 0. The number of nitrogens with two attached hydrogens (primary N) is 1. The lowest BCUT2D eigenvalue weighted by molar-refractivity contribution is 0.925. The van der Waals surface area contributed by atoms with Crippen LogP contribution in [0.4, 0.5) is 0 Å². The van der Waals surface area contributed by atoms with Crippen LogP contribution >= 0.6 is 0 Å². The van der Waals surface area contributed by atoms with Crippen molar-refractivity contribution in [2.75, 3.05) is 0 Å². The fourth-order valence-electron chi connectivity index (χ4n) is 0.923. The smallest absolute Gasteiger partial charge is 0.0921 e. The Kier molecular flexibility index (Phi) is 2.25. The van der Waals surface area contributed by atoms with E-state index in [0.29, 0.717) is 0 Å². The largest absolute Gasteiger partial charge is 0.314 e. The van der Waals surface area contributed by atoms with Crippen LogP contribution in [-0.2, 0) is 0 Å². The van der Waals surface area contributed by atoms with E-state index < -0.39 is 0 Å². The van der Waals surface area contributed by atoms with Crippen molar-refractivity contribution in [3.8, 4) is 12.3 Å². The van der Waals surface area contributed by atoms with Gasteiger partial charge in [-0.3, -0.25) is 4.98 Å². The van der Waals surface area contributed by atoms with Gasteiger partial charge in [-0.1, -0.05) is 5.92 Å². The molecule has 1 atom stereocenters. The summed E-state index contributed by atoms with van der Waals surface area (Å²) in [5.74, 6) is 2.47. The highest BCUT2D eigenvalue weighted by Gasteiger charge is 2.03. The molecule has 0 aliphatic rings. The zero-order chi connectivity index (χ0) is 8.27. The summed E-state index contributed by atoms with van der Waals surface area (Å²) in [7, 11) is 0. The lowest BCUT2D eigenvalue weighted by atomic mass is 10.1. The second-order valence-electron chi connectivity index (χ2n) is 2.38. The molecule has 0 saturated carbocycles. The van der Waals surface area contributed by atoms with Crippen molar-refractivity contribution >= 4 is 0 Å². The van der Waals surface area contributed by atoms with Gasteiger partial charge in [0.1, 0.15) is 0 Å². The van der Waals surface area contributed by atoms with E-state index in [4.69, 9.17) is 12.2 Å². The number of hydrogen-bond acceptors (Lipinski definition) is 2. The van der Waals surface area contributed by atoms with Crippen molar-refractivity contribution < 1.29 is 0 Å². The van der Waals surface area contributed by atoms with E-state index in [1.54, 1.807) is 12.4 Å². The number of nitrogens with zero attached hydrogens (tertiary/aromatic N) is 1. The van der Waals surface area contributed by atoms with E-state index in [-0.39, 0.29) is 6.04 Å². The Balaban J connectivity index is 3.05. The molecule has 2 N–H and O–H groups in total. The van der Waals surface area contributed by atoms with Crippen LogP contribution in [0.3, 0.4) is 0 Å². The Labute approximate surface area is 66.4 Å². The van der Waals surface area contributed by atoms with Gasteiger partial charge in [-0.25, -0.2) is 0 Å². The molecule has 0 aromatic carbocycles. The standard InChI is InChI=1S/C9H10N2/c1-3-9(10)8-4-5-11-6-7(8)2/h1,4-6,9H,10H2,2H3. The molecule has 0 radical (unpaired) electrons. The highest BCUT2D eigenvalue weighted by Crippen LogP contribution is 2.12. The number of aryl methyl sites for hydroxylation is 1. The summed E-state index contributed by atoms with van der Waals surface area (Å²) in [6.45, 7) is 1.94. The van der Waals surface area contributed by atoms with Gasteiger partial charge in [-0.15, -0.1) is 6.42 Å². The number of hydrogen-bond donors (Lipinski definition) is 1. The van der Waals surface area contributed by atoms with Crippen LogP contribution in [-0.4, -0.2) is 4.98 Å². The molecule has 1 aromatic rings. The Morgan fingerprint density at radius 2 is 2.45 bits per heavy atom. The summed E-state index contributed by atoms with van der Waals surface area (Å²) < 4.78 is 0. The fraction of sp³-hybridized carbons (Fsp3) is 0.222. The van der Waals surface area contributed by atoms with Gasteiger partial charge in [0.2, 0.25) is 0 Å². The van der Waals surface area contributed by atoms with E-state index in [1.807, 2.05) is 13.0 Å². The Morgan fingerprint density at radius 1 is 1.73 bits per heavy atom. The summed E-state index contributed by atoms with van der Waals surface area (Å²) in [6.07, 6.45) is 8.63. The molecule has 0 amide bonds. The van der Waals surface area contributed by atoms with Gasteiger partial charge in [0.05, 0.1) is 6.04 Å². The van der Waals surface area contributed by atoms with Crippen molar-refractivity contribution in [3.05, 3.63) is 29.6 Å². The molecular weight excluding hydrogens is 136 g/mol. The quantitative estimate of drug-likeness (QED) is 0.601. The van der Waals surface area contributed by atoms with E-state index in [9.17, 15) is 0 Å². The number of pyridine rings is 1. The zero-order valence-electron chi connectivity index (χ0n) is 6.41. The maximum absolute atomic E-state index is 5.63. The van der Waals surface area contributed by atoms with Gasteiger partial charge in [-0.2, -0.15) is 0 Å². The molecule has 2 heteroatoms. The maximum atomic E-state index is 5.63. The average Bonchev–Trinajstić information content (AvgIpc) is 2.04. The van der Waals surface area contributed by atoms with Crippen molar-refractivity contribution in [2.24, 2.45) is 5.73 Å². The molecule has 1 heterocycles. The number of aromatic nitrogens is 1. The van der Waals surface area contributed by atoms with Crippen LogP contribution < -0.4 is 5.73 Å². The first-order valence-corrected chi connectivity index (χ1v) is 3.38. The van der Waals surface area contributed by atoms with Crippen LogP contribution in [0.5, 0.6) is 0 Å². The third-order valence-corrected chi connectivity index (χ3v) is 1.58. The predicted molar refractivity (Wildman–Crippen MR) is 44.7 cm³/mol. The highest BCUT2D eigenvalue weighted by molar-refractivity contribution is 5.29. The molecule has 11 heavy (non-hydrogen) atoms. The summed E-state index contributed by atoms with van der Waals surface area (Å²) in [5.41, 5.74) is 7.65. The van der Waals surface area contributed by atoms with Crippen LogP contribution in [0.1, 0.15) is 17.2 Å². The van der Waals surface area contributed by atoms with Crippen LogP contribution in [0.25, 0.3) is 0 Å². The van der Waals surface area contributed by atoms with Gasteiger partial charge >= 0.3 is 0 Å². The molecule has 0 aliphatic carbocycles. The summed E-state index contributed by atoms with van der Waals surface area (Å²) in [4.78, 5) is 3.94. The molecule has 0 aliphatic heterocycles. The minimum Gasteiger partial charge on any atom is -0.314 e. The molecule has 0 fully saturated rings. The fourth-order valence-corrected chi connectivity index (χ4v) is 0.923. The Bertz CT molecular complexity index is 286. The summed E-state index contributed by atoms with van der Waals surface area (Å²) in [6, 6.07) is 1.54. The molecule has 0 saturated heterocycles. The topological polar surface area (TPSA) is 38.9 Å². The third-order valence-electron chi connectivity index (χ3n) is 1.58. The minimum atomic E-state index is -0.307. The zero-order valence-corrected chi connectivity index (χ0v) is 6.41. The average molecular weight is 146 g/mol. The molecule has 2 nitrogen and oxygen atoms in total. The number of terminal acetylenes is 1. The van der Waals surface area contributed by atoms with Crippen LogP contribution in [0, 0.1) is 19.3 Å². The third kappa shape index (κ3) is 1.57. The maximum Gasteiger partial charge on any atom is 0.0921 e. The monoisotopic (exact) mass is 146 g/mol. The van der Waals surface area contributed by atoms with Crippen molar-refractivity contribution in [2.45, 2.75) is 13.0 Å². The van der Waals surface area contributed by atoms with Gasteiger partial charge in [0.15, 0.2) is 0 Å². The van der Waals surface area contributed by atoms with Crippen molar-refractivity contribution in [1.82, 2.24) is 4.98 Å². The van der Waals surface area contributed by atoms with Crippen LogP contribution in [0.15, 0.2) is 18.5 Å². The van der Waals surface area contributed by atoms with Gasteiger partial charge in [-0.05, 0) is 24.1 Å². The Hall–Kier alpha value is -1.33. The highest BCUT2D eigenvalue weighted by atomic mass is 14.6. The van der Waals surface area contributed by atoms with E-state index in [0.717, 1.165) is 11.1 Å². The normalized spacial score (nSPS) is 12.1. The Morgan fingerprint density at radius 3 is 3.00 bits per heavy atom. The molecule has 1 unspecified atom stereocenters. The minimum absolute atomic E-state index is 0.307. The molecule has 0 bridgehead atoms. The van der Waals surface area contributed by atoms with E-state index in [2.05, 4.69) is 10.9 Å². The van der Waals surface area contributed by atoms with Gasteiger partial charge in [0.25, 0.3) is 0 Å². The second-order valence-corrected chi connectivity index (χ2v) is 2.38. The summed E-state index contributed by atoms with van der Waals surface area (Å²) in [5, 5.41) is 0. The van der Waals surface area contributed by atoms with E-state index in [1.165, 1.54) is 0 Å². The second kappa shape index (κ2) is 3.18. The SMILES string of the molecule is C#CC(N)c1ccncc1C. The first kappa shape index (κ1) is 7.77. The first-order chi connectivity index (χ1) is 5.25. The number of rotatable bonds is 1. The predicted octanol–water partition coefficient (Wildman–Crippen LogP) is 1.02. The lowest BCUT2D eigenvalue weighted by Gasteiger charge is -2.06. The van der Waals surface area contributed by atoms with Gasteiger partial charge < -0.3 is 5.73 Å². The van der Waals surface area contributed by atoms with Crippen molar-refractivity contribution in [3.63, 3.8) is 0 Å². The molecular formula is C9H10N2. The molecule has 1 aromatic heterocycles. The molecule has 56 valence electrons. The lowest BCUT2D eigenvalue weighted by Crippen LogP contribution is -2.08. The molecule has 1 rings (SSSR count). The van der Waals surface area contributed by atoms with Crippen LogP contribution in [0.2, 0.25) is 0 Å².